The lowest BCUT2D eigenvalue weighted by Gasteiger charge is -2.13. The number of nitrogens with zero attached hydrogens (tertiary/aromatic N) is 4. The molecule has 14 aromatic rings. The predicted octanol–water partition coefficient (Wildman–Crippen LogP) is 16.3. The smallest absolute Gasteiger partial charge is 0.160 e. The minimum absolute atomic E-state index is 0.709. The number of para-hydroxylation sites is 3. The van der Waals surface area contributed by atoms with Gasteiger partial charge < -0.3 is 9.13 Å². The molecule has 0 unspecified atom stereocenters. The number of fused-ring (bicyclic) bond motifs is 13. The summed E-state index contributed by atoms with van der Waals surface area (Å²) < 4.78 is 7.43. The summed E-state index contributed by atoms with van der Waals surface area (Å²) in [5.74, 6) is 0.709. The van der Waals surface area contributed by atoms with E-state index < -0.39 is 0 Å². The van der Waals surface area contributed by atoms with Gasteiger partial charge >= 0.3 is 0 Å². The number of thiophene rings is 1. The average Bonchev–Trinajstić information content (AvgIpc) is 4.04. The van der Waals surface area contributed by atoms with E-state index in [-0.39, 0.29) is 0 Å². The maximum atomic E-state index is 5.29. The molecule has 0 aliphatic heterocycles. The zero-order valence-corrected chi connectivity index (χ0v) is 35.8. The molecule has 4 nitrogen and oxygen atoms in total. The van der Waals surface area contributed by atoms with Gasteiger partial charge in [0, 0.05) is 80.6 Å². The topological polar surface area (TPSA) is 35.6 Å². The molecule has 0 radical (unpaired) electrons. The molecule has 14 rings (SSSR count). The predicted molar refractivity (Wildman–Crippen MR) is 275 cm³/mol. The van der Waals surface area contributed by atoms with Gasteiger partial charge in [0.2, 0.25) is 0 Å². The van der Waals surface area contributed by atoms with Crippen LogP contribution in [0.4, 0.5) is 0 Å². The molecule has 10 aromatic carbocycles. The molecule has 0 atom stereocenters. The van der Waals surface area contributed by atoms with Crippen LogP contribution in [0.5, 0.6) is 0 Å². The standard InChI is InChI=1S/C60H36N4S/c1-3-16-38(17-4-1)56-47-33-29-37-15-7-8-20-43(37)57(47)62-60(61-56)39-27-31-42(32-28-39)64-52-25-13-10-22-45(52)50-36-48(59-55(58(50)64)46-23-11-14-26-54(46)65-59)40-30-34-53-49(35-40)44-21-9-12-24-51(44)63(53)41-18-5-2-6-19-41/h1-36H. The first-order valence-corrected chi connectivity index (χ1v) is 22.9. The molecule has 302 valence electrons. The van der Waals surface area contributed by atoms with Crippen LogP contribution in [0.3, 0.4) is 0 Å². The third kappa shape index (κ3) is 5.43. The number of rotatable bonds is 5. The zero-order chi connectivity index (χ0) is 42.6. The first kappa shape index (κ1) is 36.1. The fourth-order valence-electron chi connectivity index (χ4n) is 10.4. The van der Waals surface area contributed by atoms with Crippen LogP contribution < -0.4 is 0 Å². The molecule has 4 heterocycles. The summed E-state index contributed by atoms with van der Waals surface area (Å²) in [4.78, 5) is 10.6. The normalized spacial score (nSPS) is 12.0. The quantitative estimate of drug-likeness (QED) is 0.162. The van der Waals surface area contributed by atoms with Gasteiger partial charge in [-0.25, -0.2) is 9.97 Å². The van der Waals surface area contributed by atoms with Crippen LogP contribution in [-0.2, 0) is 0 Å². The van der Waals surface area contributed by atoms with E-state index in [0.29, 0.717) is 5.82 Å². The van der Waals surface area contributed by atoms with Crippen LogP contribution >= 0.6 is 11.3 Å². The first-order valence-electron chi connectivity index (χ1n) is 22.1. The minimum atomic E-state index is 0.709. The van der Waals surface area contributed by atoms with Crippen molar-refractivity contribution in [1.29, 1.82) is 0 Å². The molecule has 5 heteroatoms. The van der Waals surface area contributed by atoms with E-state index >= 15 is 0 Å². The van der Waals surface area contributed by atoms with Gasteiger partial charge in [0.1, 0.15) is 0 Å². The summed E-state index contributed by atoms with van der Waals surface area (Å²) in [6.45, 7) is 0. The Hall–Kier alpha value is -8.38. The Balaban J connectivity index is 0.988. The maximum absolute atomic E-state index is 5.29. The van der Waals surface area contributed by atoms with Crippen LogP contribution in [0, 0.1) is 0 Å². The van der Waals surface area contributed by atoms with Crippen molar-refractivity contribution < 1.29 is 0 Å². The summed E-state index contributed by atoms with van der Waals surface area (Å²) in [5, 5.41) is 10.8. The number of aromatic nitrogens is 4. The van der Waals surface area contributed by atoms with Crippen LogP contribution in [0.1, 0.15) is 0 Å². The summed E-state index contributed by atoms with van der Waals surface area (Å²) in [6, 6.07) is 78.9. The average molecular weight is 845 g/mol. The van der Waals surface area contributed by atoms with Crippen LogP contribution in [0.15, 0.2) is 218 Å². The Labute approximate surface area is 377 Å². The lowest BCUT2D eigenvalue weighted by Crippen LogP contribution is -1.97. The Morgan fingerprint density at radius 3 is 1.78 bits per heavy atom. The van der Waals surface area contributed by atoms with Gasteiger partial charge in [0.25, 0.3) is 0 Å². The fraction of sp³-hybridized carbons (Fsp3) is 0. The van der Waals surface area contributed by atoms with Crippen molar-refractivity contribution in [3.63, 3.8) is 0 Å². The van der Waals surface area contributed by atoms with Crippen molar-refractivity contribution in [3.8, 4) is 45.1 Å². The molecule has 0 saturated heterocycles. The number of benzene rings is 10. The molecule has 4 aromatic heterocycles. The molecule has 0 aliphatic rings. The molecule has 0 bridgehead atoms. The second-order valence-corrected chi connectivity index (χ2v) is 17.9. The second-order valence-electron chi connectivity index (χ2n) is 16.9. The molecule has 0 fully saturated rings. The molecular formula is C60H36N4S. The highest BCUT2D eigenvalue weighted by Gasteiger charge is 2.23. The van der Waals surface area contributed by atoms with Crippen molar-refractivity contribution >= 4 is 96.8 Å². The second kappa shape index (κ2) is 14.1. The van der Waals surface area contributed by atoms with Crippen molar-refractivity contribution in [3.05, 3.63) is 218 Å². The number of hydrogen-bond acceptors (Lipinski definition) is 3. The van der Waals surface area contributed by atoms with E-state index in [0.717, 1.165) is 49.9 Å². The lowest BCUT2D eigenvalue weighted by molar-refractivity contribution is 1.18. The minimum Gasteiger partial charge on any atom is -0.309 e. The molecule has 0 aliphatic carbocycles. The molecule has 0 saturated carbocycles. The highest BCUT2D eigenvalue weighted by atomic mass is 32.1. The van der Waals surface area contributed by atoms with Crippen LogP contribution in [0.2, 0.25) is 0 Å². The molecular weight excluding hydrogens is 809 g/mol. The summed E-state index contributed by atoms with van der Waals surface area (Å²) >= 11 is 1.89. The third-order valence-electron chi connectivity index (χ3n) is 13.3. The van der Waals surface area contributed by atoms with Gasteiger partial charge in [-0.15, -0.1) is 11.3 Å². The van der Waals surface area contributed by atoms with Crippen molar-refractivity contribution in [2.24, 2.45) is 0 Å². The Kier molecular flexibility index (Phi) is 7.82. The van der Waals surface area contributed by atoms with Gasteiger partial charge in [0.15, 0.2) is 5.82 Å². The summed E-state index contributed by atoms with van der Waals surface area (Å²) in [7, 11) is 0. The van der Waals surface area contributed by atoms with E-state index in [1.165, 1.54) is 74.9 Å². The van der Waals surface area contributed by atoms with E-state index in [1.54, 1.807) is 0 Å². The zero-order valence-electron chi connectivity index (χ0n) is 35.0. The third-order valence-corrected chi connectivity index (χ3v) is 14.5. The van der Waals surface area contributed by atoms with Crippen molar-refractivity contribution in [1.82, 2.24) is 19.1 Å². The maximum Gasteiger partial charge on any atom is 0.160 e. The SMILES string of the molecule is c1ccc(-c2nc(-c3ccc(-n4c5ccccc5c5cc(-c6ccc7c(c6)c6ccccc6n7-c6ccccc6)c6sc7ccccc7c6c54)cc3)nc3c2ccc2ccccc23)cc1. The Morgan fingerprint density at radius 1 is 0.369 bits per heavy atom. The van der Waals surface area contributed by atoms with Crippen molar-refractivity contribution in [2.45, 2.75) is 0 Å². The molecule has 65 heavy (non-hydrogen) atoms. The molecule has 0 N–H and O–H groups in total. The Bertz CT molecular complexity index is 4220. The summed E-state index contributed by atoms with van der Waals surface area (Å²) in [5.41, 5.74) is 13.5. The van der Waals surface area contributed by atoms with Crippen LogP contribution in [-0.4, -0.2) is 19.1 Å². The molecule has 0 amide bonds. The van der Waals surface area contributed by atoms with E-state index in [9.17, 15) is 0 Å². The lowest BCUT2D eigenvalue weighted by atomic mass is 9.97. The highest BCUT2D eigenvalue weighted by Crippen LogP contribution is 2.48. The van der Waals surface area contributed by atoms with Gasteiger partial charge in [-0.3, -0.25) is 0 Å². The van der Waals surface area contributed by atoms with Gasteiger partial charge in [-0.2, -0.15) is 0 Å². The van der Waals surface area contributed by atoms with E-state index in [1.807, 2.05) is 11.3 Å². The van der Waals surface area contributed by atoms with Gasteiger partial charge in [0.05, 0.1) is 33.3 Å². The fourth-order valence-corrected chi connectivity index (χ4v) is 11.6. The van der Waals surface area contributed by atoms with Crippen LogP contribution in [0.25, 0.3) is 131 Å². The van der Waals surface area contributed by atoms with Gasteiger partial charge in [-0.05, 0) is 89.8 Å². The van der Waals surface area contributed by atoms with E-state index in [4.69, 9.17) is 9.97 Å². The van der Waals surface area contributed by atoms with Crippen molar-refractivity contribution in [2.75, 3.05) is 0 Å². The number of hydrogen-bond donors (Lipinski definition) is 0. The molecule has 0 spiro atoms. The monoisotopic (exact) mass is 844 g/mol. The first-order chi connectivity index (χ1) is 32.2. The largest absolute Gasteiger partial charge is 0.309 e. The Morgan fingerprint density at radius 2 is 0.985 bits per heavy atom. The highest BCUT2D eigenvalue weighted by molar-refractivity contribution is 7.26. The summed E-state index contributed by atoms with van der Waals surface area (Å²) in [6.07, 6.45) is 0. The van der Waals surface area contributed by atoms with E-state index in [2.05, 4.69) is 228 Å². The van der Waals surface area contributed by atoms with Gasteiger partial charge in [-0.1, -0.05) is 140 Å².